The first-order valence-electron chi connectivity index (χ1n) is 7.42. The summed E-state index contributed by atoms with van der Waals surface area (Å²) < 4.78 is 23.5. The minimum atomic E-state index is -3.36. The van der Waals surface area contributed by atoms with Crippen LogP contribution in [0.5, 0.6) is 0 Å². The minimum absolute atomic E-state index is 0.185. The number of sulfone groups is 1. The normalized spacial score (nSPS) is 25.7. The van der Waals surface area contributed by atoms with Gasteiger partial charge in [-0.05, 0) is 57.2 Å². The van der Waals surface area contributed by atoms with Crippen molar-refractivity contribution in [2.45, 2.75) is 56.1 Å². The van der Waals surface area contributed by atoms with Crippen LogP contribution in [0.1, 0.15) is 48.5 Å². The quantitative estimate of drug-likeness (QED) is 0.888. The van der Waals surface area contributed by atoms with Crippen molar-refractivity contribution < 1.29 is 18.3 Å². The number of aliphatic hydroxyl groups is 1. The van der Waals surface area contributed by atoms with E-state index in [-0.39, 0.29) is 22.4 Å². The van der Waals surface area contributed by atoms with Crippen LogP contribution in [0.25, 0.3) is 0 Å². The molecule has 2 N–H and O–H groups in total. The number of rotatable bonds is 3. The molecule has 0 bridgehead atoms. The Labute approximate surface area is 131 Å². The molecular weight excluding hydrogens is 302 g/mol. The van der Waals surface area contributed by atoms with E-state index in [2.05, 4.69) is 5.32 Å². The van der Waals surface area contributed by atoms with Crippen molar-refractivity contribution in [2.75, 3.05) is 6.26 Å². The van der Waals surface area contributed by atoms with Crippen LogP contribution < -0.4 is 5.32 Å². The summed E-state index contributed by atoms with van der Waals surface area (Å²) in [7, 11) is -3.36. The molecule has 6 heteroatoms. The number of aliphatic hydroxyl groups excluding tert-OH is 1. The summed E-state index contributed by atoms with van der Waals surface area (Å²) in [5.41, 5.74) is 0.622. The Morgan fingerprint density at radius 1 is 1.32 bits per heavy atom. The van der Waals surface area contributed by atoms with Gasteiger partial charge in [0.1, 0.15) is 0 Å². The third-order valence-electron chi connectivity index (χ3n) is 4.32. The van der Waals surface area contributed by atoms with Gasteiger partial charge in [-0.15, -0.1) is 0 Å². The third-order valence-corrected chi connectivity index (χ3v) is 5.56. The molecule has 1 aromatic rings. The molecule has 1 amide bonds. The molecule has 22 heavy (non-hydrogen) atoms. The monoisotopic (exact) mass is 325 g/mol. The van der Waals surface area contributed by atoms with Crippen LogP contribution >= 0.6 is 0 Å². The smallest absolute Gasteiger partial charge is 0.251 e. The lowest BCUT2D eigenvalue weighted by Gasteiger charge is -2.36. The Morgan fingerprint density at radius 3 is 2.45 bits per heavy atom. The Hall–Kier alpha value is -1.40. The van der Waals surface area contributed by atoms with Gasteiger partial charge in [-0.25, -0.2) is 8.42 Å². The Kier molecular flexibility index (Phi) is 4.63. The first-order valence-corrected chi connectivity index (χ1v) is 9.31. The van der Waals surface area contributed by atoms with E-state index in [1.54, 1.807) is 19.1 Å². The zero-order valence-electron chi connectivity index (χ0n) is 13.2. The van der Waals surface area contributed by atoms with Crippen molar-refractivity contribution in [3.8, 4) is 0 Å². The molecule has 122 valence electrons. The molecule has 0 heterocycles. The van der Waals surface area contributed by atoms with Gasteiger partial charge in [0.05, 0.1) is 11.0 Å². The van der Waals surface area contributed by atoms with E-state index in [4.69, 9.17) is 0 Å². The minimum Gasteiger partial charge on any atom is -0.393 e. The Balaban J connectivity index is 2.20. The topological polar surface area (TPSA) is 83.5 Å². The summed E-state index contributed by atoms with van der Waals surface area (Å²) >= 11 is 0. The van der Waals surface area contributed by atoms with E-state index in [0.717, 1.165) is 6.26 Å². The predicted molar refractivity (Wildman–Crippen MR) is 84.6 cm³/mol. The number of nitrogens with one attached hydrogen (secondary N) is 1. The van der Waals surface area contributed by atoms with E-state index < -0.39 is 9.84 Å². The highest BCUT2D eigenvalue weighted by molar-refractivity contribution is 7.90. The molecule has 1 aromatic carbocycles. The number of benzene rings is 1. The zero-order valence-corrected chi connectivity index (χ0v) is 14.0. The zero-order chi connectivity index (χ0) is 16.5. The number of hydrogen-bond acceptors (Lipinski definition) is 4. The predicted octanol–water partition coefficient (Wildman–Crippen LogP) is 1.82. The van der Waals surface area contributed by atoms with Crippen molar-refractivity contribution >= 4 is 15.7 Å². The molecule has 0 unspecified atom stereocenters. The second kappa shape index (κ2) is 6.01. The molecule has 5 nitrogen and oxygen atoms in total. The van der Waals surface area contributed by atoms with Crippen LogP contribution in [0, 0.1) is 6.92 Å². The highest BCUT2D eigenvalue weighted by Gasteiger charge is 2.32. The molecule has 1 fully saturated rings. The number of carbonyl (C=O) groups excluding carboxylic acids is 1. The first-order chi connectivity index (χ1) is 10.1. The first kappa shape index (κ1) is 17.0. The average Bonchev–Trinajstić information content (AvgIpc) is 2.41. The number of aryl methyl sites for hydroxylation is 1. The van der Waals surface area contributed by atoms with Crippen LogP contribution in [0.3, 0.4) is 0 Å². The average molecular weight is 325 g/mol. The van der Waals surface area contributed by atoms with E-state index in [9.17, 15) is 18.3 Å². The van der Waals surface area contributed by atoms with E-state index in [1.165, 1.54) is 6.07 Å². The maximum atomic E-state index is 12.4. The Morgan fingerprint density at radius 2 is 1.91 bits per heavy atom. The number of amides is 1. The summed E-state index contributed by atoms with van der Waals surface area (Å²) in [5, 5.41) is 12.6. The fourth-order valence-corrected chi connectivity index (χ4v) is 3.85. The molecule has 0 aliphatic heterocycles. The van der Waals surface area contributed by atoms with Gasteiger partial charge in [-0.2, -0.15) is 0 Å². The van der Waals surface area contributed by atoms with E-state index >= 15 is 0 Å². The second-order valence-corrected chi connectivity index (χ2v) is 8.48. The van der Waals surface area contributed by atoms with Crippen molar-refractivity contribution in [1.29, 1.82) is 0 Å². The lowest BCUT2D eigenvalue weighted by molar-refractivity contribution is 0.0725. The van der Waals surface area contributed by atoms with Crippen LogP contribution in [0.4, 0.5) is 0 Å². The SMILES string of the molecule is Cc1ccc(C(=O)NC2(C)CCC(O)CC2)cc1S(C)(=O)=O. The largest absolute Gasteiger partial charge is 0.393 e. The molecule has 1 saturated carbocycles. The van der Waals surface area contributed by atoms with Crippen molar-refractivity contribution in [3.63, 3.8) is 0 Å². The van der Waals surface area contributed by atoms with Crippen LogP contribution in [-0.4, -0.2) is 37.3 Å². The summed E-state index contributed by atoms with van der Waals surface area (Å²) in [4.78, 5) is 12.6. The third kappa shape index (κ3) is 3.87. The number of carbonyl (C=O) groups is 1. The molecule has 1 aliphatic carbocycles. The maximum Gasteiger partial charge on any atom is 0.251 e. The van der Waals surface area contributed by atoms with Crippen molar-refractivity contribution in [2.24, 2.45) is 0 Å². The molecule has 0 spiro atoms. The van der Waals surface area contributed by atoms with Gasteiger partial charge in [0, 0.05) is 17.4 Å². The van der Waals surface area contributed by atoms with Gasteiger partial charge < -0.3 is 10.4 Å². The van der Waals surface area contributed by atoms with Gasteiger partial charge >= 0.3 is 0 Å². The van der Waals surface area contributed by atoms with Gasteiger partial charge in [0.15, 0.2) is 9.84 Å². The summed E-state index contributed by atoms with van der Waals surface area (Å²) in [6.07, 6.45) is 3.61. The lowest BCUT2D eigenvalue weighted by atomic mass is 9.81. The highest BCUT2D eigenvalue weighted by Crippen LogP contribution is 2.28. The maximum absolute atomic E-state index is 12.4. The van der Waals surface area contributed by atoms with E-state index in [1.807, 2.05) is 6.92 Å². The molecule has 0 atom stereocenters. The van der Waals surface area contributed by atoms with Crippen LogP contribution in [0.15, 0.2) is 23.1 Å². The van der Waals surface area contributed by atoms with Crippen molar-refractivity contribution in [1.82, 2.24) is 5.32 Å². The van der Waals surface area contributed by atoms with Crippen LogP contribution in [-0.2, 0) is 9.84 Å². The molecule has 1 aliphatic rings. The van der Waals surface area contributed by atoms with E-state index in [0.29, 0.717) is 36.8 Å². The van der Waals surface area contributed by atoms with Gasteiger partial charge in [-0.3, -0.25) is 4.79 Å². The molecule has 0 aromatic heterocycles. The van der Waals surface area contributed by atoms with Crippen molar-refractivity contribution in [3.05, 3.63) is 29.3 Å². The van der Waals surface area contributed by atoms with Gasteiger partial charge in [0.2, 0.25) is 0 Å². The Bertz CT molecular complexity index is 673. The fraction of sp³-hybridized carbons (Fsp3) is 0.562. The summed E-state index contributed by atoms with van der Waals surface area (Å²) in [6.45, 7) is 3.67. The summed E-state index contributed by atoms with van der Waals surface area (Å²) in [5.74, 6) is -0.274. The molecular formula is C16H23NO4S. The van der Waals surface area contributed by atoms with Gasteiger partial charge in [-0.1, -0.05) is 6.07 Å². The lowest BCUT2D eigenvalue weighted by Crippen LogP contribution is -2.49. The highest BCUT2D eigenvalue weighted by atomic mass is 32.2. The standard InChI is InChI=1S/C16H23NO4S/c1-11-4-5-12(10-14(11)22(3,20)21)15(19)17-16(2)8-6-13(18)7-9-16/h4-5,10,13,18H,6-9H2,1-3H3,(H,17,19). The molecule has 2 rings (SSSR count). The summed E-state index contributed by atoms with van der Waals surface area (Å²) in [6, 6.07) is 4.72. The molecule has 0 radical (unpaired) electrons. The fourth-order valence-electron chi connectivity index (χ4n) is 2.85. The molecule has 0 saturated heterocycles. The second-order valence-electron chi connectivity index (χ2n) is 6.50. The number of hydrogen-bond donors (Lipinski definition) is 2. The van der Waals surface area contributed by atoms with Crippen LogP contribution in [0.2, 0.25) is 0 Å². The van der Waals surface area contributed by atoms with Gasteiger partial charge in [0.25, 0.3) is 5.91 Å².